The summed E-state index contributed by atoms with van der Waals surface area (Å²) in [6.45, 7) is 2.22. The molecule has 0 fully saturated rings. The van der Waals surface area contributed by atoms with E-state index in [0.717, 1.165) is 22.0 Å². The number of furan rings is 1. The van der Waals surface area contributed by atoms with Crippen molar-refractivity contribution in [3.8, 4) is 10.4 Å². The van der Waals surface area contributed by atoms with Gasteiger partial charge in [0.25, 0.3) is 5.91 Å². The van der Waals surface area contributed by atoms with E-state index in [1.807, 2.05) is 25.1 Å². The molecule has 1 amide bonds. The van der Waals surface area contributed by atoms with Crippen LogP contribution in [0.15, 0.2) is 51.8 Å². The van der Waals surface area contributed by atoms with E-state index < -0.39 is 0 Å². The fourth-order valence-electron chi connectivity index (χ4n) is 2.01. The van der Waals surface area contributed by atoms with Crippen molar-refractivity contribution in [3.05, 3.63) is 69.3 Å². The van der Waals surface area contributed by atoms with Crippen LogP contribution in [0, 0.1) is 6.92 Å². The van der Waals surface area contributed by atoms with Crippen molar-refractivity contribution in [2.24, 2.45) is 0 Å². The number of hydrogen-bond donors (Lipinski definition) is 2. The molecule has 3 aromatic rings. The van der Waals surface area contributed by atoms with Crippen molar-refractivity contribution in [2.75, 3.05) is 0 Å². The van der Waals surface area contributed by atoms with Crippen LogP contribution < -0.4 is 10.9 Å². The SMILES string of the molecule is Cc1ccc(CNC(=O)c2ccc(-c3ccc(=O)[nH]c3)s2)o1. The van der Waals surface area contributed by atoms with E-state index in [9.17, 15) is 9.59 Å². The summed E-state index contributed by atoms with van der Waals surface area (Å²) in [5, 5.41) is 2.82. The molecule has 0 atom stereocenters. The molecule has 0 radical (unpaired) electrons. The van der Waals surface area contributed by atoms with Crippen LogP contribution in [-0.4, -0.2) is 10.9 Å². The van der Waals surface area contributed by atoms with E-state index in [0.29, 0.717) is 11.4 Å². The fraction of sp³-hybridized carbons (Fsp3) is 0.125. The van der Waals surface area contributed by atoms with Crippen molar-refractivity contribution in [3.63, 3.8) is 0 Å². The van der Waals surface area contributed by atoms with E-state index in [4.69, 9.17) is 4.42 Å². The van der Waals surface area contributed by atoms with Crippen LogP contribution >= 0.6 is 11.3 Å². The maximum absolute atomic E-state index is 12.1. The predicted octanol–water partition coefficient (Wildman–Crippen LogP) is 2.93. The van der Waals surface area contributed by atoms with Gasteiger partial charge in [0.15, 0.2) is 0 Å². The first kappa shape index (κ1) is 14.3. The third kappa shape index (κ3) is 3.17. The average molecular weight is 314 g/mol. The van der Waals surface area contributed by atoms with Crippen molar-refractivity contribution in [2.45, 2.75) is 13.5 Å². The number of aryl methyl sites for hydroxylation is 1. The fourth-order valence-corrected chi connectivity index (χ4v) is 2.93. The molecule has 0 saturated carbocycles. The Balaban J connectivity index is 1.68. The van der Waals surface area contributed by atoms with Crippen molar-refractivity contribution in [1.82, 2.24) is 10.3 Å². The number of carbonyl (C=O) groups excluding carboxylic acids is 1. The molecule has 3 heterocycles. The first-order chi connectivity index (χ1) is 10.6. The summed E-state index contributed by atoms with van der Waals surface area (Å²) in [7, 11) is 0. The lowest BCUT2D eigenvalue weighted by atomic mass is 10.2. The topological polar surface area (TPSA) is 75.1 Å². The molecule has 0 aliphatic heterocycles. The highest BCUT2D eigenvalue weighted by Gasteiger charge is 2.11. The van der Waals surface area contributed by atoms with Crippen molar-refractivity contribution < 1.29 is 9.21 Å². The van der Waals surface area contributed by atoms with E-state index in [2.05, 4.69) is 10.3 Å². The Bertz CT molecular complexity index is 840. The predicted molar refractivity (Wildman–Crippen MR) is 85.0 cm³/mol. The number of thiophene rings is 1. The van der Waals surface area contributed by atoms with E-state index in [-0.39, 0.29) is 11.5 Å². The first-order valence-electron chi connectivity index (χ1n) is 6.74. The molecule has 22 heavy (non-hydrogen) atoms. The monoisotopic (exact) mass is 314 g/mol. The Labute approximate surface area is 130 Å². The molecule has 0 aliphatic rings. The lowest BCUT2D eigenvalue weighted by Gasteiger charge is -2.00. The van der Waals surface area contributed by atoms with Gasteiger partial charge in [0.1, 0.15) is 11.5 Å². The standard InChI is InChI=1S/C16H14N2O3S/c1-10-2-4-12(21-10)9-18-16(20)14-6-5-13(22-14)11-3-7-15(19)17-8-11/h2-8H,9H2,1H3,(H,17,19)(H,18,20). The maximum atomic E-state index is 12.1. The van der Waals surface area contributed by atoms with Crippen LogP contribution in [0.2, 0.25) is 0 Å². The second-order valence-corrected chi connectivity index (χ2v) is 5.88. The van der Waals surface area contributed by atoms with Gasteiger partial charge in [-0.2, -0.15) is 0 Å². The highest BCUT2D eigenvalue weighted by molar-refractivity contribution is 7.17. The summed E-state index contributed by atoms with van der Waals surface area (Å²) in [5.41, 5.74) is 0.734. The Kier molecular flexibility index (Phi) is 3.93. The van der Waals surface area contributed by atoms with Gasteiger partial charge in [-0.1, -0.05) is 0 Å². The highest BCUT2D eigenvalue weighted by atomic mass is 32.1. The van der Waals surface area contributed by atoms with Crippen LogP contribution in [0.1, 0.15) is 21.2 Å². The first-order valence-corrected chi connectivity index (χ1v) is 7.56. The number of carbonyl (C=O) groups is 1. The van der Waals surface area contributed by atoms with Crippen molar-refractivity contribution >= 4 is 17.2 Å². The number of aromatic amines is 1. The number of nitrogens with one attached hydrogen (secondary N) is 2. The summed E-state index contributed by atoms with van der Waals surface area (Å²) < 4.78 is 5.41. The molecule has 3 aromatic heterocycles. The number of rotatable bonds is 4. The number of pyridine rings is 1. The van der Waals surface area contributed by atoms with Gasteiger partial charge in [-0.25, -0.2) is 0 Å². The van der Waals surface area contributed by atoms with Gasteiger partial charge in [0.2, 0.25) is 5.56 Å². The van der Waals surface area contributed by atoms with Crippen LogP contribution in [-0.2, 0) is 6.54 Å². The van der Waals surface area contributed by atoms with Gasteiger partial charge in [0, 0.05) is 22.7 Å². The molecule has 112 valence electrons. The third-order valence-corrected chi connectivity index (χ3v) is 4.25. The summed E-state index contributed by atoms with van der Waals surface area (Å²) in [4.78, 5) is 27.4. The highest BCUT2D eigenvalue weighted by Crippen LogP contribution is 2.27. The van der Waals surface area contributed by atoms with Crippen LogP contribution in [0.4, 0.5) is 0 Å². The Morgan fingerprint density at radius 3 is 2.77 bits per heavy atom. The largest absolute Gasteiger partial charge is 0.465 e. The molecule has 0 aliphatic carbocycles. The molecule has 0 aromatic carbocycles. The molecule has 0 unspecified atom stereocenters. The summed E-state index contributed by atoms with van der Waals surface area (Å²) in [6.07, 6.45) is 1.64. The minimum absolute atomic E-state index is 0.144. The molecular formula is C16H14N2O3S. The number of hydrogen-bond acceptors (Lipinski definition) is 4. The third-order valence-electron chi connectivity index (χ3n) is 3.12. The smallest absolute Gasteiger partial charge is 0.261 e. The Morgan fingerprint density at radius 2 is 2.09 bits per heavy atom. The molecule has 6 heteroatoms. The van der Waals surface area contributed by atoms with E-state index in [1.165, 1.54) is 17.4 Å². The molecule has 0 bridgehead atoms. The zero-order chi connectivity index (χ0) is 15.5. The average Bonchev–Trinajstić information content (AvgIpc) is 3.15. The number of H-pyrrole nitrogens is 1. The molecule has 3 rings (SSSR count). The van der Waals surface area contributed by atoms with Crippen molar-refractivity contribution in [1.29, 1.82) is 0 Å². The van der Waals surface area contributed by atoms with Gasteiger partial charge in [-0.15, -0.1) is 11.3 Å². The zero-order valence-corrected chi connectivity index (χ0v) is 12.7. The second kappa shape index (κ2) is 6.03. The zero-order valence-electron chi connectivity index (χ0n) is 11.9. The molecule has 2 N–H and O–H groups in total. The number of aromatic nitrogens is 1. The summed E-state index contributed by atoms with van der Waals surface area (Å²) in [5.74, 6) is 1.40. The lowest BCUT2D eigenvalue weighted by molar-refractivity contribution is 0.0952. The van der Waals surface area contributed by atoms with Gasteiger partial charge in [0.05, 0.1) is 11.4 Å². The Hall–Kier alpha value is -2.60. The van der Waals surface area contributed by atoms with Crippen LogP contribution in [0.3, 0.4) is 0 Å². The maximum Gasteiger partial charge on any atom is 0.261 e. The quantitative estimate of drug-likeness (QED) is 0.777. The van der Waals surface area contributed by atoms with Gasteiger partial charge in [-0.3, -0.25) is 9.59 Å². The van der Waals surface area contributed by atoms with Gasteiger partial charge >= 0.3 is 0 Å². The van der Waals surface area contributed by atoms with E-state index in [1.54, 1.807) is 18.3 Å². The molecule has 5 nitrogen and oxygen atoms in total. The molecule has 0 saturated heterocycles. The van der Waals surface area contributed by atoms with Gasteiger partial charge < -0.3 is 14.7 Å². The molecular weight excluding hydrogens is 300 g/mol. The summed E-state index contributed by atoms with van der Waals surface area (Å²) >= 11 is 1.38. The normalized spacial score (nSPS) is 10.6. The van der Waals surface area contributed by atoms with E-state index >= 15 is 0 Å². The van der Waals surface area contributed by atoms with Gasteiger partial charge in [-0.05, 0) is 37.3 Å². The van der Waals surface area contributed by atoms with Crippen LogP contribution in [0.5, 0.6) is 0 Å². The molecule has 0 spiro atoms. The minimum atomic E-state index is -0.146. The minimum Gasteiger partial charge on any atom is -0.465 e. The van der Waals surface area contributed by atoms with Crippen LogP contribution in [0.25, 0.3) is 10.4 Å². The Morgan fingerprint density at radius 1 is 1.23 bits per heavy atom. The lowest BCUT2D eigenvalue weighted by Crippen LogP contribution is -2.21. The second-order valence-electron chi connectivity index (χ2n) is 4.80. The summed E-state index contributed by atoms with van der Waals surface area (Å²) in [6, 6.07) is 10.5. The number of amides is 1.